The summed E-state index contributed by atoms with van der Waals surface area (Å²) in [6, 6.07) is 3.51. The normalized spacial score (nSPS) is 14.7. The van der Waals surface area contributed by atoms with Crippen molar-refractivity contribution in [2.45, 2.75) is 6.18 Å². The quantitative estimate of drug-likeness (QED) is 0.367. The van der Waals surface area contributed by atoms with Crippen molar-refractivity contribution in [3.63, 3.8) is 0 Å². The highest BCUT2D eigenvalue weighted by atomic mass is 79.9. The van der Waals surface area contributed by atoms with Crippen molar-refractivity contribution in [1.82, 2.24) is 20.3 Å². The SMILES string of the molecule is CNC(=O)c1nccc(C(F)(F)F)c1-c1ncc2c(n1)N1CCN=C1C(c1cc(N)c(F)cc1Br)=C2. The van der Waals surface area contributed by atoms with Gasteiger partial charge >= 0.3 is 6.18 Å². The summed E-state index contributed by atoms with van der Waals surface area (Å²) in [5, 5.41) is 2.30. The molecule has 0 saturated heterocycles. The zero-order chi connectivity index (χ0) is 25.8. The maximum atomic E-state index is 13.9. The zero-order valence-electron chi connectivity index (χ0n) is 18.5. The zero-order valence-corrected chi connectivity index (χ0v) is 20.1. The number of carbonyl (C=O) groups is 1. The Morgan fingerprint density at radius 3 is 2.75 bits per heavy atom. The van der Waals surface area contributed by atoms with Crippen LogP contribution in [0.5, 0.6) is 0 Å². The van der Waals surface area contributed by atoms with E-state index in [0.717, 1.165) is 12.3 Å². The number of amidine groups is 1. The average molecular weight is 562 g/mol. The molecule has 2 aliphatic heterocycles. The molecule has 0 spiro atoms. The molecule has 3 N–H and O–H groups in total. The molecule has 1 amide bonds. The lowest BCUT2D eigenvalue weighted by molar-refractivity contribution is -0.137. The first kappa shape index (κ1) is 23.9. The summed E-state index contributed by atoms with van der Waals surface area (Å²) in [5.74, 6) is -0.854. The van der Waals surface area contributed by atoms with Gasteiger partial charge in [-0.2, -0.15) is 13.2 Å². The van der Waals surface area contributed by atoms with Crippen molar-refractivity contribution in [2.24, 2.45) is 4.99 Å². The lowest BCUT2D eigenvalue weighted by Gasteiger charge is -2.28. The van der Waals surface area contributed by atoms with Gasteiger partial charge in [0.25, 0.3) is 5.91 Å². The maximum Gasteiger partial charge on any atom is 0.417 e. The molecule has 2 aliphatic rings. The molecule has 8 nitrogen and oxygen atoms in total. The largest absolute Gasteiger partial charge is 0.417 e. The van der Waals surface area contributed by atoms with E-state index in [1.807, 2.05) is 0 Å². The van der Waals surface area contributed by atoms with Gasteiger partial charge in [-0.05, 0) is 24.3 Å². The molecule has 2 aromatic heterocycles. The van der Waals surface area contributed by atoms with E-state index in [1.165, 1.54) is 25.4 Å². The van der Waals surface area contributed by atoms with Crippen LogP contribution in [-0.4, -0.2) is 46.8 Å². The van der Waals surface area contributed by atoms with Gasteiger partial charge in [-0.25, -0.2) is 14.4 Å². The number of amides is 1. The summed E-state index contributed by atoms with van der Waals surface area (Å²) in [5.41, 5.74) is 5.40. The number of fused-ring (bicyclic) bond motifs is 3. The molecule has 0 unspecified atom stereocenters. The fraction of sp³-hybridized carbons (Fsp3) is 0.174. The van der Waals surface area contributed by atoms with Gasteiger partial charge in [0, 0.05) is 47.2 Å². The Bertz CT molecular complexity index is 1490. The van der Waals surface area contributed by atoms with E-state index < -0.39 is 34.7 Å². The molecule has 36 heavy (non-hydrogen) atoms. The molecule has 0 bridgehead atoms. The number of pyridine rings is 1. The Morgan fingerprint density at radius 1 is 1.25 bits per heavy atom. The first-order valence-electron chi connectivity index (χ1n) is 10.5. The molecule has 4 heterocycles. The fourth-order valence-electron chi connectivity index (χ4n) is 4.11. The van der Waals surface area contributed by atoms with Crippen LogP contribution in [0.25, 0.3) is 23.0 Å². The van der Waals surface area contributed by atoms with Crippen LogP contribution in [0, 0.1) is 5.82 Å². The number of nitrogens with one attached hydrogen (secondary N) is 1. The molecule has 0 aliphatic carbocycles. The number of aliphatic imine (C=N–C) groups is 1. The molecular formula is C23H16BrF4N7O. The molecule has 0 saturated carbocycles. The first-order valence-corrected chi connectivity index (χ1v) is 11.3. The van der Waals surface area contributed by atoms with Gasteiger partial charge in [0.1, 0.15) is 23.2 Å². The highest BCUT2D eigenvalue weighted by Gasteiger charge is 2.38. The second-order valence-corrected chi connectivity index (χ2v) is 8.75. The van der Waals surface area contributed by atoms with E-state index in [9.17, 15) is 22.4 Å². The summed E-state index contributed by atoms with van der Waals surface area (Å²) in [4.78, 5) is 31.1. The van der Waals surface area contributed by atoms with Gasteiger partial charge < -0.3 is 16.0 Å². The number of benzene rings is 1. The monoisotopic (exact) mass is 561 g/mol. The van der Waals surface area contributed by atoms with E-state index in [4.69, 9.17) is 5.73 Å². The van der Waals surface area contributed by atoms with Crippen LogP contribution < -0.4 is 16.0 Å². The van der Waals surface area contributed by atoms with Crippen LogP contribution >= 0.6 is 15.9 Å². The average Bonchev–Trinajstić information content (AvgIpc) is 3.34. The summed E-state index contributed by atoms with van der Waals surface area (Å²) in [6.45, 7) is 0.815. The second-order valence-electron chi connectivity index (χ2n) is 7.90. The van der Waals surface area contributed by atoms with Crippen LogP contribution in [0.15, 0.2) is 40.1 Å². The van der Waals surface area contributed by atoms with Crippen LogP contribution in [0.1, 0.15) is 27.2 Å². The van der Waals surface area contributed by atoms with E-state index in [0.29, 0.717) is 45.9 Å². The number of nitrogens with zero attached hydrogens (tertiary/aromatic N) is 5. The molecule has 184 valence electrons. The van der Waals surface area contributed by atoms with Gasteiger partial charge in [0.2, 0.25) is 0 Å². The Morgan fingerprint density at radius 2 is 2.03 bits per heavy atom. The molecule has 3 aromatic rings. The Hall–Kier alpha value is -3.87. The number of hydrogen-bond donors (Lipinski definition) is 2. The lowest BCUT2D eigenvalue weighted by atomic mass is 9.97. The summed E-state index contributed by atoms with van der Waals surface area (Å²) in [7, 11) is 1.29. The molecule has 1 aromatic carbocycles. The highest BCUT2D eigenvalue weighted by Crippen LogP contribution is 2.41. The molecule has 0 atom stereocenters. The third-order valence-corrected chi connectivity index (χ3v) is 6.39. The van der Waals surface area contributed by atoms with Crippen molar-refractivity contribution in [1.29, 1.82) is 0 Å². The predicted octanol–water partition coefficient (Wildman–Crippen LogP) is 4.17. The van der Waals surface area contributed by atoms with Crippen molar-refractivity contribution < 1.29 is 22.4 Å². The van der Waals surface area contributed by atoms with Crippen LogP contribution in [0.4, 0.5) is 29.1 Å². The minimum Gasteiger partial charge on any atom is -0.396 e. The third-order valence-electron chi connectivity index (χ3n) is 5.73. The van der Waals surface area contributed by atoms with Crippen molar-refractivity contribution in [3.05, 3.63) is 63.3 Å². The summed E-state index contributed by atoms with van der Waals surface area (Å²) in [6.07, 6.45) is -0.774. The number of nitrogens with two attached hydrogens (primary N) is 1. The number of halogens is 5. The van der Waals surface area contributed by atoms with E-state index in [-0.39, 0.29) is 11.5 Å². The first-order chi connectivity index (χ1) is 17.1. The topological polar surface area (TPSA) is 109 Å². The number of rotatable bonds is 3. The Labute approximate surface area is 210 Å². The van der Waals surface area contributed by atoms with Crippen LogP contribution in [0.2, 0.25) is 0 Å². The van der Waals surface area contributed by atoms with Gasteiger partial charge in [0.15, 0.2) is 5.82 Å². The molecule has 5 rings (SSSR count). The van der Waals surface area contributed by atoms with Crippen LogP contribution in [0.3, 0.4) is 0 Å². The summed E-state index contributed by atoms with van der Waals surface area (Å²) >= 11 is 3.36. The van der Waals surface area contributed by atoms with Crippen molar-refractivity contribution in [2.75, 3.05) is 30.8 Å². The second kappa shape index (κ2) is 8.66. The minimum atomic E-state index is -4.78. The third kappa shape index (κ3) is 3.88. The lowest BCUT2D eigenvalue weighted by Crippen LogP contribution is -2.32. The van der Waals surface area contributed by atoms with E-state index in [2.05, 4.69) is 41.2 Å². The van der Waals surface area contributed by atoms with Crippen molar-refractivity contribution in [3.8, 4) is 11.4 Å². The maximum absolute atomic E-state index is 13.9. The number of alkyl halides is 3. The Balaban J connectivity index is 1.71. The Kier molecular flexibility index (Phi) is 5.74. The summed E-state index contributed by atoms with van der Waals surface area (Å²) < 4.78 is 56.0. The van der Waals surface area contributed by atoms with E-state index >= 15 is 0 Å². The standard InChI is InChI=1S/C23H16BrF4N7O/c1-30-22(36)18-17(13(2-3-31-18)23(26,27)28)19-33-9-10-6-12(11-7-16(29)15(25)8-14(11)24)21-32-4-5-35(21)20(10)34-19/h2-3,6-9H,4-5,29H2,1H3,(H,30,36). The predicted molar refractivity (Wildman–Crippen MR) is 130 cm³/mol. The van der Waals surface area contributed by atoms with Gasteiger partial charge in [-0.3, -0.25) is 14.8 Å². The number of aromatic nitrogens is 3. The minimum absolute atomic E-state index is 0.0466. The molecule has 0 fully saturated rings. The number of hydrogen-bond acceptors (Lipinski definition) is 7. The smallest absolute Gasteiger partial charge is 0.396 e. The molecule has 13 heteroatoms. The number of carbonyl (C=O) groups excluding carboxylic acids is 1. The van der Waals surface area contributed by atoms with Crippen molar-refractivity contribution >= 4 is 50.8 Å². The van der Waals surface area contributed by atoms with Crippen LogP contribution in [-0.2, 0) is 6.18 Å². The van der Waals surface area contributed by atoms with Gasteiger partial charge in [-0.15, -0.1) is 0 Å². The van der Waals surface area contributed by atoms with Gasteiger partial charge in [0.05, 0.1) is 23.4 Å². The van der Waals surface area contributed by atoms with Gasteiger partial charge in [-0.1, -0.05) is 15.9 Å². The fourth-order valence-corrected chi connectivity index (χ4v) is 4.64. The number of anilines is 2. The molecule has 0 radical (unpaired) electrons. The highest BCUT2D eigenvalue weighted by molar-refractivity contribution is 9.10. The van der Waals surface area contributed by atoms with E-state index in [1.54, 1.807) is 11.0 Å². The molecular weight excluding hydrogens is 546 g/mol. The number of nitrogen functional groups attached to an aromatic ring is 1.